The van der Waals surface area contributed by atoms with Crippen LogP contribution in [0.5, 0.6) is 0 Å². The van der Waals surface area contributed by atoms with Gasteiger partial charge in [0.15, 0.2) is 0 Å². The number of nitrogens with zero attached hydrogens (tertiary/aromatic N) is 1. The molecule has 0 spiro atoms. The van der Waals surface area contributed by atoms with Crippen molar-refractivity contribution in [1.29, 1.82) is 0 Å². The number of likely N-dealkylation sites (tertiary alicyclic amines) is 1. The molecule has 1 fully saturated rings. The van der Waals surface area contributed by atoms with Gasteiger partial charge in [-0.1, -0.05) is 42.0 Å². The maximum Gasteiger partial charge on any atom is 0.335 e. The molecule has 2 aromatic carbocycles. The van der Waals surface area contributed by atoms with Crippen molar-refractivity contribution >= 4 is 12.0 Å². The number of carboxylic acid groups (broad SMARTS) is 1. The monoisotopic (exact) mass is 325 g/mol. The quantitative estimate of drug-likeness (QED) is 0.916. The molecular formula is C20H20FNO2. The Hall–Kier alpha value is -2.46. The lowest BCUT2D eigenvalue weighted by Crippen LogP contribution is -2.30. The Kier molecular flexibility index (Phi) is 5.06. The van der Waals surface area contributed by atoms with Gasteiger partial charge in [-0.15, -0.1) is 0 Å². The molecule has 124 valence electrons. The molecular weight excluding hydrogens is 305 g/mol. The smallest absolute Gasteiger partial charge is 0.335 e. The maximum atomic E-state index is 13.7. The number of carboxylic acids is 1. The maximum absolute atomic E-state index is 13.7. The van der Waals surface area contributed by atoms with Gasteiger partial charge in [0.2, 0.25) is 0 Å². The Morgan fingerprint density at radius 1 is 1.12 bits per heavy atom. The summed E-state index contributed by atoms with van der Waals surface area (Å²) in [6.45, 7) is 2.54. The molecule has 0 unspecified atom stereocenters. The highest BCUT2D eigenvalue weighted by atomic mass is 19.1. The number of piperidine rings is 1. The average molecular weight is 325 g/mol. The van der Waals surface area contributed by atoms with E-state index in [4.69, 9.17) is 5.11 Å². The first kappa shape index (κ1) is 16.4. The Bertz CT molecular complexity index is 760. The predicted molar refractivity (Wildman–Crippen MR) is 92.3 cm³/mol. The second-order valence-electron chi connectivity index (χ2n) is 6.11. The van der Waals surface area contributed by atoms with Crippen molar-refractivity contribution in [2.45, 2.75) is 19.4 Å². The van der Waals surface area contributed by atoms with Gasteiger partial charge < -0.3 is 5.11 Å². The molecule has 3 nitrogen and oxygen atoms in total. The summed E-state index contributed by atoms with van der Waals surface area (Å²) in [7, 11) is 0. The second-order valence-corrected chi connectivity index (χ2v) is 6.11. The fourth-order valence-corrected chi connectivity index (χ4v) is 3.02. The van der Waals surface area contributed by atoms with E-state index >= 15 is 0 Å². The van der Waals surface area contributed by atoms with E-state index in [9.17, 15) is 9.18 Å². The van der Waals surface area contributed by atoms with Gasteiger partial charge in [0.1, 0.15) is 5.82 Å². The van der Waals surface area contributed by atoms with Crippen molar-refractivity contribution < 1.29 is 14.3 Å². The average Bonchev–Trinajstić information content (AvgIpc) is 2.59. The molecule has 4 heteroatoms. The van der Waals surface area contributed by atoms with Gasteiger partial charge in [-0.2, -0.15) is 0 Å². The van der Waals surface area contributed by atoms with E-state index in [1.807, 2.05) is 18.2 Å². The molecule has 2 aromatic rings. The van der Waals surface area contributed by atoms with Crippen LogP contribution in [0.3, 0.4) is 0 Å². The first-order chi connectivity index (χ1) is 11.6. The minimum absolute atomic E-state index is 0.182. The molecule has 1 saturated heterocycles. The van der Waals surface area contributed by atoms with Gasteiger partial charge >= 0.3 is 5.97 Å². The Balaban J connectivity index is 1.60. The predicted octanol–water partition coefficient (Wildman–Crippen LogP) is 4.20. The van der Waals surface area contributed by atoms with Crippen LogP contribution in [-0.2, 0) is 6.54 Å². The van der Waals surface area contributed by atoms with Crippen LogP contribution in [0.2, 0.25) is 0 Å². The van der Waals surface area contributed by atoms with Crippen LogP contribution >= 0.6 is 0 Å². The molecule has 0 saturated carbocycles. The van der Waals surface area contributed by atoms with Crippen LogP contribution in [0, 0.1) is 5.82 Å². The lowest BCUT2D eigenvalue weighted by Gasteiger charge is -2.28. The molecule has 0 bridgehead atoms. The molecule has 1 N–H and O–H groups in total. The number of hydrogen-bond donors (Lipinski definition) is 1. The molecule has 0 aliphatic carbocycles. The minimum Gasteiger partial charge on any atom is -0.478 e. The van der Waals surface area contributed by atoms with Crippen molar-refractivity contribution in [2.24, 2.45) is 0 Å². The molecule has 0 aromatic heterocycles. The summed E-state index contributed by atoms with van der Waals surface area (Å²) in [5, 5.41) is 9.06. The lowest BCUT2D eigenvalue weighted by molar-refractivity contribution is 0.0696. The van der Waals surface area contributed by atoms with E-state index in [1.165, 1.54) is 11.6 Å². The number of rotatable bonds is 4. The third-order valence-corrected chi connectivity index (χ3v) is 4.34. The van der Waals surface area contributed by atoms with Crippen molar-refractivity contribution in [3.05, 3.63) is 76.6 Å². The van der Waals surface area contributed by atoms with Gasteiger partial charge in [0.05, 0.1) is 5.56 Å². The normalized spacial score (nSPS) is 15.3. The summed E-state index contributed by atoms with van der Waals surface area (Å²) in [5.41, 5.74) is 3.24. The molecule has 0 atom stereocenters. The van der Waals surface area contributed by atoms with E-state index in [-0.39, 0.29) is 5.82 Å². The van der Waals surface area contributed by atoms with Gasteiger partial charge in [-0.05, 0) is 36.6 Å². The number of halogens is 1. The van der Waals surface area contributed by atoms with E-state index in [1.54, 1.807) is 30.3 Å². The number of aromatic carboxylic acids is 1. The highest BCUT2D eigenvalue weighted by Gasteiger charge is 2.15. The topological polar surface area (TPSA) is 40.5 Å². The zero-order valence-electron chi connectivity index (χ0n) is 13.4. The summed E-state index contributed by atoms with van der Waals surface area (Å²) in [4.78, 5) is 13.3. The fraction of sp³-hybridized carbons (Fsp3) is 0.250. The second kappa shape index (κ2) is 7.41. The third-order valence-electron chi connectivity index (χ3n) is 4.34. The van der Waals surface area contributed by atoms with E-state index in [2.05, 4.69) is 4.90 Å². The summed E-state index contributed by atoms with van der Waals surface area (Å²) >= 11 is 0. The Morgan fingerprint density at radius 3 is 2.58 bits per heavy atom. The standard InChI is InChI=1S/C20H20FNO2/c21-19-7-2-1-5-17(19)12-15-8-10-22(11-9-15)14-16-4-3-6-18(13-16)20(23)24/h1-7,12-13H,8-11,14H2,(H,23,24). The van der Waals surface area contributed by atoms with E-state index in [0.717, 1.165) is 38.0 Å². The van der Waals surface area contributed by atoms with Crippen LogP contribution in [0.1, 0.15) is 34.3 Å². The Labute approximate surface area is 141 Å². The van der Waals surface area contributed by atoms with Crippen molar-refractivity contribution in [1.82, 2.24) is 4.90 Å². The number of benzene rings is 2. The van der Waals surface area contributed by atoms with Crippen molar-refractivity contribution in [3.8, 4) is 0 Å². The van der Waals surface area contributed by atoms with Crippen LogP contribution < -0.4 is 0 Å². The van der Waals surface area contributed by atoms with Gasteiger partial charge in [0.25, 0.3) is 0 Å². The minimum atomic E-state index is -0.898. The SMILES string of the molecule is O=C(O)c1cccc(CN2CCC(=Cc3ccccc3F)CC2)c1. The van der Waals surface area contributed by atoms with Crippen molar-refractivity contribution in [2.75, 3.05) is 13.1 Å². The molecule has 0 amide bonds. The van der Waals surface area contributed by atoms with Crippen LogP contribution in [0.4, 0.5) is 4.39 Å². The van der Waals surface area contributed by atoms with Gasteiger partial charge in [0, 0.05) is 25.2 Å². The first-order valence-electron chi connectivity index (χ1n) is 8.10. The summed E-state index contributed by atoms with van der Waals surface area (Å²) < 4.78 is 13.7. The zero-order valence-corrected chi connectivity index (χ0v) is 13.4. The fourth-order valence-electron chi connectivity index (χ4n) is 3.02. The van der Waals surface area contributed by atoms with Gasteiger partial charge in [-0.3, -0.25) is 4.90 Å². The lowest BCUT2D eigenvalue weighted by atomic mass is 10.00. The molecule has 1 heterocycles. The summed E-state index contributed by atoms with van der Waals surface area (Å²) in [6.07, 6.45) is 3.78. The molecule has 24 heavy (non-hydrogen) atoms. The molecule has 0 radical (unpaired) electrons. The van der Waals surface area contributed by atoms with E-state index in [0.29, 0.717) is 11.1 Å². The third kappa shape index (κ3) is 4.09. The highest BCUT2D eigenvalue weighted by molar-refractivity contribution is 5.87. The van der Waals surface area contributed by atoms with Gasteiger partial charge in [-0.25, -0.2) is 9.18 Å². The van der Waals surface area contributed by atoms with Crippen molar-refractivity contribution in [3.63, 3.8) is 0 Å². The summed E-state index contributed by atoms with van der Waals surface area (Å²) in [6, 6.07) is 13.9. The van der Waals surface area contributed by atoms with Crippen LogP contribution in [0.15, 0.2) is 54.1 Å². The first-order valence-corrected chi connectivity index (χ1v) is 8.10. The summed E-state index contributed by atoms with van der Waals surface area (Å²) in [5.74, 6) is -1.08. The van der Waals surface area contributed by atoms with E-state index < -0.39 is 5.97 Å². The molecule has 1 aliphatic heterocycles. The highest BCUT2D eigenvalue weighted by Crippen LogP contribution is 2.22. The largest absolute Gasteiger partial charge is 0.478 e. The molecule has 1 aliphatic rings. The number of hydrogen-bond acceptors (Lipinski definition) is 2. The number of carbonyl (C=O) groups is 1. The van der Waals surface area contributed by atoms with Crippen LogP contribution in [-0.4, -0.2) is 29.1 Å². The molecule has 3 rings (SSSR count). The van der Waals surface area contributed by atoms with Crippen LogP contribution in [0.25, 0.3) is 6.08 Å². The Morgan fingerprint density at radius 2 is 1.88 bits per heavy atom. The zero-order chi connectivity index (χ0) is 16.9.